The topological polar surface area (TPSA) is 78.4 Å². The van der Waals surface area contributed by atoms with E-state index in [2.05, 4.69) is 20.2 Å². The zero-order valence-electron chi connectivity index (χ0n) is 13.6. The van der Waals surface area contributed by atoms with Crippen LogP contribution in [0.3, 0.4) is 0 Å². The number of piperidine rings is 1. The summed E-state index contributed by atoms with van der Waals surface area (Å²) in [5, 5.41) is 12.3. The van der Waals surface area contributed by atoms with E-state index in [1.165, 1.54) is 0 Å². The zero-order chi connectivity index (χ0) is 16.8. The first-order valence-electron chi connectivity index (χ1n) is 8.30. The Kier molecular flexibility index (Phi) is 5.25. The van der Waals surface area contributed by atoms with Gasteiger partial charge in [-0.1, -0.05) is 12.1 Å². The molecule has 3 rings (SSSR count). The smallest absolute Gasteiger partial charge is 0.225 e. The van der Waals surface area contributed by atoms with E-state index in [1.54, 1.807) is 30.6 Å². The highest BCUT2D eigenvalue weighted by atomic mass is 16.3. The monoisotopic (exact) mass is 326 g/mol. The van der Waals surface area contributed by atoms with E-state index in [-0.39, 0.29) is 17.6 Å². The predicted molar refractivity (Wildman–Crippen MR) is 91.8 cm³/mol. The number of anilines is 1. The van der Waals surface area contributed by atoms with Gasteiger partial charge in [-0.25, -0.2) is 9.97 Å². The van der Waals surface area contributed by atoms with Gasteiger partial charge in [0.1, 0.15) is 5.75 Å². The molecule has 2 N–H and O–H groups in total. The number of aromatic hydroxyl groups is 1. The Hall–Kier alpha value is -2.63. The maximum Gasteiger partial charge on any atom is 0.225 e. The fourth-order valence-electron chi connectivity index (χ4n) is 2.96. The van der Waals surface area contributed by atoms with E-state index in [0.717, 1.165) is 31.4 Å². The van der Waals surface area contributed by atoms with Crippen LogP contribution in [0.25, 0.3) is 0 Å². The first kappa shape index (κ1) is 16.2. The summed E-state index contributed by atoms with van der Waals surface area (Å²) < 4.78 is 0. The summed E-state index contributed by atoms with van der Waals surface area (Å²) in [7, 11) is 0. The Labute approximate surface area is 141 Å². The molecule has 1 amide bonds. The molecule has 126 valence electrons. The number of aromatic nitrogens is 2. The summed E-state index contributed by atoms with van der Waals surface area (Å²) in [6.45, 7) is 2.15. The molecule has 1 aromatic carbocycles. The first-order valence-corrected chi connectivity index (χ1v) is 8.30. The second kappa shape index (κ2) is 7.77. The molecule has 1 aromatic heterocycles. The SMILES string of the molecule is O=C(NCCc1ccc(O)cc1)C1CCCN(c2ncccn2)C1. The van der Waals surface area contributed by atoms with Gasteiger partial charge in [-0.15, -0.1) is 0 Å². The Bertz CT molecular complexity index is 660. The van der Waals surface area contributed by atoms with Gasteiger partial charge in [0.25, 0.3) is 0 Å². The molecule has 1 aliphatic heterocycles. The molecule has 0 spiro atoms. The second-order valence-corrected chi connectivity index (χ2v) is 6.04. The average molecular weight is 326 g/mol. The molecule has 0 bridgehead atoms. The van der Waals surface area contributed by atoms with E-state index in [9.17, 15) is 9.90 Å². The Morgan fingerprint density at radius 1 is 1.25 bits per heavy atom. The first-order chi connectivity index (χ1) is 11.7. The van der Waals surface area contributed by atoms with Gasteiger partial charge in [-0.2, -0.15) is 0 Å². The van der Waals surface area contributed by atoms with Gasteiger partial charge in [0.2, 0.25) is 11.9 Å². The van der Waals surface area contributed by atoms with Crippen molar-refractivity contribution in [2.75, 3.05) is 24.5 Å². The molecule has 1 atom stereocenters. The molecule has 0 saturated carbocycles. The number of benzene rings is 1. The molecule has 1 unspecified atom stereocenters. The summed E-state index contributed by atoms with van der Waals surface area (Å²) in [5.74, 6) is 1.02. The molecule has 6 heteroatoms. The van der Waals surface area contributed by atoms with Crippen LogP contribution in [0, 0.1) is 5.92 Å². The number of rotatable bonds is 5. The van der Waals surface area contributed by atoms with Crippen molar-refractivity contribution in [2.24, 2.45) is 5.92 Å². The number of phenolic OH excluding ortho intramolecular Hbond substituents is 1. The lowest BCUT2D eigenvalue weighted by Crippen LogP contribution is -2.44. The van der Waals surface area contributed by atoms with Crippen molar-refractivity contribution >= 4 is 11.9 Å². The Morgan fingerprint density at radius 2 is 2.00 bits per heavy atom. The van der Waals surface area contributed by atoms with Crippen LogP contribution in [0.5, 0.6) is 5.75 Å². The summed E-state index contributed by atoms with van der Waals surface area (Å²) in [5.41, 5.74) is 1.09. The molecule has 2 heterocycles. The van der Waals surface area contributed by atoms with E-state index >= 15 is 0 Å². The number of hydrogen-bond acceptors (Lipinski definition) is 5. The third-order valence-electron chi connectivity index (χ3n) is 4.28. The summed E-state index contributed by atoms with van der Waals surface area (Å²) in [6, 6.07) is 8.86. The number of nitrogens with one attached hydrogen (secondary N) is 1. The maximum atomic E-state index is 12.4. The van der Waals surface area contributed by atoms with Crippen LogP contribution in [0.1, 0.15) is 18.4 Å². The van der Waals surface area contributed by atoms with Crippen LogP contribution in [-0.4, -0.2) is 40.6 Å². The number of amides is 1. The largest absolute Gasteiger partial charge is 0.508 e. The third kappa shape index (κ3) is 4.22. The minimum atomic E-state index is -0.0256. The lowest BCUT2D eigenvalue weighted by molar-refractivity contribution is -0.125. The normalized spacial score (nSPS) is 17.5. The number of hydrogen-bond donors (Lipinski definition) is 2. The van der Waals surface area contributed by atoms with E-state index < -0.39 is 0 Å². The van der Waals surface area contributed by atoms with E-state index in [1.807, 2.05) is 12.1 Å². The van der Waals surface area contributed by atoms with Crippen molar-refractivity contribution < 1.29 is 9.90 Å². The fourth-order valence-corrected chi connectivity index (χ4v) is 2.96. The average Bonchev–Trinajstić information content (AvgIpc) is 2.64. The number of phenols is 1. The predicted octanol–water partition coefficient (Wildman–Crippen LogP) is 1.76. The van der Waals surface area contributed by atoms with Crippen LogP contribution in [-0.2, 0) is 11.2 Å². The molecule has 0 aliphatic carbocycles. The van der Waals surface area contributed by atoms with Gasteiger partial charge < -0.3 is 15.3 Å². The van der Waals surface area contributed by atoms with Gasteiger partial charge in [0.05, 0.1) is 5.92 Å². The molecule has 1 saturated heterocycles. The number of nitrogens with zero attached hydrogens (tertiary/aromatic N) is 3. The number of carbonyl (C=O) groups is 1. The summed E-state index contributed by atoms with van der Waals surface area (Å²) in [4.78, 5) is 23.0. The highest BCUT2D eigenvalue weighted by Gasteiger charge is 2.26. The van der Waals surface area contributed by atoms with Crippen molar-refractivity contribution in [3.8, 4) is 5.75 Å². The minimum absolute atomic E-state index is 0.0256. The molecule has 1 aliphatic rings. The molecule has 6 nitrogen and oxygen atoms in total. The molecular formula is C18H22N4O2. The van der Waals surface area contributed by atoms with Crippen molar-refractivity contribution in [1.29, 1.82) is 0 Å². The van der Waals surface area contributed by atoms with Crippen LogP contribution < -0.4 is 10.2 Å². The summed E-state index contributed by atoms with van der Waals surface area (Å²) in [6.07, 6.45) is 6.07. The van der Waals surface area contributed by atoms with Crippen molar-refractivity contribution in [2.45, 2.75) is 19.3 Å². The van der Waals surface area contributed by atoms with E-state index in [0.29, 0.717) is 19.0 Å². The lowest BCUT2D eigenvalue weighted by Gasteiger charge is -2.31. The molecule has 0 radical (unpaired) electrons. The number of carbonyl (C=O) groups excluding carboxylic acids is 1. The zero-order valence-corrected chi connectivity index (χ0v) is 13.6. The molecular weight excluding hydrogens is 304 g/mol. The van der Waals surface area contributed by atoms with Crippen LogP contribution in [0.15, 0.2) is 42.7 Å². The van der Waals surface area contributed by atoms with Gasteiger partial charge in [0, 0.05) is 32.0 Å². The van der Waals surface area contributed by atoms with Crippen molar-refractivity contribution in [1.82, 2.24) is 15.3 Å². The molecule has 24 heavy (non-hydrogen) atoms. The second-order valence-electron chi connectivity index (χ2n) is 6.04. The fraction of sp³-hybridized carbons (Fsp3) is 0.389. The molecule has 1 fully saturated rings. The standard InChI is InChI=1S/C18H22N4O2/c23-16-6-4-14(5-7-16)8-11-19-17(24)15-3-1-12-22(13-15)18-20-9-2-10-21-18/h2,4-7,9-10,15,23H,1,3,8,11-13H2,(H,19,24). The third-order valence-corrected chi connectivity index (χ3v) is 4.28. The maximum absolute atomic E-state index is 12.4. The lowest BCUT2D eigenvalue weighted by atomic mass is 9.97. The Balaban J connectivity index is 1.48. The quantitative estimate of drug-likeness (QED) is 0.875. The van der Waals surface area contributed by atoms with Gasteiger partial charge in [0.15, 0.2) is 0 Å². The summed E-state index contributed by atoms with van der Waals surface area (Å²) >= 11 is 0. The van der Waals surface area contributed by atoms with Crippen molar-refractivity contribution in [3.63, 3.8) is 0 Å². The highest BCUT2D eigenvalue weighted by molar-refractivity contribution is 5.79. The van der Waals surface area contributed by atoms with Crippen LogP contribution in [0.4, 0.5) is 5.95 Å². The van der Waals surface area contributed by atoms with Crippen LogP contribution >= 0.6 is 0 Å². The van der Waals surface area contributed by atoms with Crippen LogP contribution in [0.2, 0.25) is 0 Å². The van der Waals surface area contributed by atoms with Gasteiger partial charge >= 0.3 is 0 Å². The van der Waals surface area contributed by atoms with Crippen molar-refractivity contribution in [3.05, 3.63) is 48.3 Å². The van der Waals surface area contributed by atoms with E-state index in [4.69, 9.17) is 0 Å². The molecule has 2 aromatic rings. The minimum Gasteiger partial charge on any atom is -0.508 e. The van der Waals surface area contributed by atoms with Gasteiger partial charge in [-0.3, -0.25) is 4.79 Å². The Morgan fingerprint density at radius 3 is 2.75 bits per heavy atom. The highest BCUT2D eigenvalue weighted by Crippen LogP contribution is 2.20. The van der Waals surface area contributed by atoms with Gasteiger partial charge in [-0.05, 0) is 43.0 Å².